The average Bonchev–Trinajstić information content (AvgIpc) is 3.17. The van der Waals surface area contributed by atoms with Gasteiger partial charge in [0, 0.05) is 23.3 Å². The van der Waals surface area contributed by atoms with Crippen LogP contribution >= 0.6 is 0 Å². The lowest BCUT2D eigenvalue weighted by Crippen LogP contribution is -2.49. The molecule has 3 unspecified atom stereocenters. The number of rotatable bonds is 2. The predicted molar refractivity (Wildman–Crippen MR) is 106 cm³/mol. The fourth-order valence-electron chi connectivity index (χ4n) is 5.53. The highest BCUT2D eigenvalue weighted by atomic mass is 16.1. The van der Waals surface area contributed by atoms with E-state index in [2.05, 4.69) is 66.6 Å². The second kappa shape index (κ2) is 6.19. The minimum absolute atomic E-state index is 0.0870. The molecule has 3 nitrogen and oxygen atoms in total. The van der Waals surface area contributed by atoms with Crippen LogP contribution in [0.1, 0.15) is 43.0 Å². The van der Waals surface area contributed by atoms with Crippen LogP contribution in [-0.2, 0) is 16.6 Å². The van der Waals surface area contributed by atoms with Crippen molar-refractivity contribution in [1.82, 2.24) is 10.2 Å². The molecule has 1 heterocycles. The molecule has 1 aromatic heterocycles. The fraction of sp³-hybridized carbons (Fsp3) is 0.333. The molecule has 0 bridgehead atoms. The van der Waals surface area contributed by atoms with E-state index in [0.29, 0.717) is 18.1 Å². The molecule has 0 radical (unpaired) electrons. The summed E-state index contributed by atoms with van der Waals surface area (Å²) in [7, 11) is 0. The highest BCUT2D eigenvalue weighted by Gasteiger charge is 2.53. The molecule has 1 N–H and O–H groups in total. The van der Waals surface area contributed by atoms with Crippen molar-refractivity contribution in [3.63, 3.8) is 0 Å². The normalized spacial score (nSPS) is 27.1. The van der Waals surface area contributed by atoms with Gasteiger partial charge in [-0.15, -0.1) is 0 Å². The lowest BCUT2D eigenvalue weighted by molar-refractivity contribution is -0.128. The largest absolute Gasteiger partial charge is 0.299 e. The maximum atomic E-state index is 12.5. The standard InChI is InChI=1S/C24H24N2O/c1-16-20-13-12-19-22(17-8-4-2-5-9-17)25-26-23(19)24(20,15-14-21(16)27)18-10-6-3-7-11-18/h2-11,16,20H,12-15H2,1H3,(H,25,26). The summed E-state index contributed by atoms with van der Waals surface area (Å²) in [6.07, 6.45) is 3.51. The molecule has 27 heavy (non-hydrogen) atoms. The van der Waals surface area contributed by atoms with E-state index in [1.54, 1.807) is 0 Å². The van der Waals surface area contributed by atoms with Gasteiger partial charge in [-0.25, -0.2) is 0 Å². The molecule has 2 aliphatic carbocycles. The van der Waals surface area contributed by atoms with E-state index in [4.69, 9.17) is 5.10 Å². The molecular formula is C24H24N2O. The summed E-state index contributed by atoms with van der Waals surface area (Å²) in [6, 6.07) is 21.2. The van der Waals surface area contributed by atoms with Gasteiger partial charge >= 0.3 is 0 Å². The van der Waals surface area contributed by atoms with Crippen LogP contribution in [0.5, 0.6) is 0 Å². The Labute approximate surface area is 159 Å². The first-order valence-corrected chi connectivity index (χ1v) is 9.93. The highest BCUT2D eigenvalue weighted by molar-refractivity contribution is 5.83. The Morgan fingerprint density at radius 3 is 2.44 bits per heavy atom. The van der Waals surface area contributed by atoms with Crippen LogP contribution in [0.3, 0.4) is 0 Å². The van der Waals surface area contributed by atoms with Crippen LogP contribution in [0, 0.1) is 11.8 Å². The number of fused-ring (bicyclic) bond motifs is 3. The summed E-state index contributed by atoms with van der Waals surface area (Å²) in [5.41, 5.74) is 5.98. The van der Waals surface area contributed by atoms with Crippen molar-refractivity contribution in [3.8, 4) is 11.3 Å². The van der Waals surface area contributed by atoms with Crippen molar-refractivity contribution in [2.45, 2.75) is 38.0 Å². The van der Waals surface area contributed by atoms with Crippen LogP contribution in [0.4, 0.5) is 0 Å². The molecule has 2 aromatic carbocycles. The van der Waals surface area contributed by atoms with Crippen molar-refractivity contribution >= 4 is 5.78 Å². The van der Waals surface area contributed by atoms with Gasteiger partial charge in [0.25, 0.3) is 0 Å². The van der Waals surface area contributed by atoms with Gasteiger partial charge in [-0.1, -0.05) is 67.6 Å². The molecule has 2 aliphatic rings. The molecule has 0 aliphatic heterocycles. The van der Waals surface area contributed by atoms with Crippen molar-refractivity contribution in [2.75, 3.05) is 0 Å². The third kappa shape index (κ3) is 2.34. The van der Waals surface area contributed by atoms with Crippen molar-refractivity contribution in [1.29, 1.82) is 0 Å². The van der Waals surface area contributed by atoms with E-state index in [0.717, 1.165) is 25.0 Å². The zero-order valence-electron chi connectivity index (χ0n) is 15.6. The van der Waals surface area contributed by atoms with Crippen molar-refractivity contribution < 1.29 is 4.79 Å². The molecule has 136 valence electrons. The van der Waals surface area contributed by atoms with E-state index < -0.39 is 0 Å². The number of hydrogen-bond donors (Lipinski definition) is 1. The van der Waals surface area contributed by atoms with Gasteiger partial charge in [-0.05, 0) is 36.3 Å². The Hall–Kier alpha value is -2.68. The number of nitrogens with zero attached hydrogens (tertiary/aromatic N) is 1. The molecule has 0 saturated heterocycles. The predicted octanol–water partition coefficient (Wildman–Crippen LogP) is 4.92. The molecule has 1 fully saturated rings. The minimum Gasteiger partial charge on any atom is -0.299 e. The van der Waals surface area contributed by atoms with Crippen LogP contribution in [0.2, 0.25) is 0 Å². The number of Topliss-reactive ketones (excluding diaryl/α,β-unsaturated/α-hetero) is 1. The Morgan fingerprint density at radius 2 is 1.70 bits per heavy atom. The Morgan fingerprint density at radius 1 is 1.00 bits per heavy atom. The second-order valence-corrected chi connectivity index (χ2v) is 8.03. The summed E-state index contributed by atoms with van der Waals surface area (Å²) in [6.45, 7) is 2.12. The Kier molecular flexibility index (Phi) is 3.78. The van der Waals surface area contributed by atoms with Crippen molar-refractivity contribution in [3.05, 3.63) is 77.5 Å². The van der Waals surface area contributed by atoms with E-state index in [1.807, 2.05) is 6.07 Å². The number of carbonyl (C=O) groups excluding carboxylic acids is 1. The number of hydrogen-bond acceptors (Lipinski definition) is 2. The zero-order valence-corrected chi connectivity index (χ0v) is 15.6. The summed E-state index contributed by atoms with van der Waals surface area (Å²) in [5.74, 6) is 0.818. The third-order valence-corrected chi connectivity index (χ3v) is 6.86. The minimum atomic E-state index is -0.161. The molecule has 3 aromatic rings. The van der Waals surface area contributed by atoms with Crippen LogP contribution in [0.15, 0.2) is 60.7 Å². The smallest absolute Gasteiger partial charge is 0.136 e. The van der Waals surface area contributed by atoms with Crippen LogP contribution in [0.25, 0.3) is 11.3 Å². The monoisotopic (exact) mass is 356 g/mol. The van der Waals surface area contributed by atoms with Crippen molar-refractivity contribution in [2.24, 2.45) is 11.8 Å². The summed E-state index contributed by atoms with van der Waals surface area (Å²) >= 11 is 0. The maximum absolute atomic E-state index is 12.5. The quantitative estimate of drug-likeness (QED) is 0.708. The highest BCUT2D eigenvalue weighted by Crippen LogP contribution is 2.55. The lowest BCUT2D eigenvalue weighted by atomic mass is 9.53. The second-order valence-electron chi connectivity index (χ2n) is 8.03. The molecule has 1 saturated carbocycles. The molecule has 0 spiro atoms. The number of aromatic nitrogens is 2. The number of ketones is 1. The molecular weight excluding hydrogens is 332 g/mol. The van der Waals surface area contributed by atoms with Gasteiger partial charge in [0.1, 0.15) is 5.78 Å². The molecule has 3 heteroatoms. The van der Waals surface area contributed by atoms with Crippen LogP contribution < -0.4 is 0 Å². The zero-order chi connectivity index (χ0) is 18.4. The van der Waals surface area contributed by atoms with Gasteiger partial charge in [-0.2, -0.15) is 5.10 Å². The van der Waals surface area contributed by atoms with Gasteiger partial charge in [0.2, 0.25) is 0 Å². The van der Waals surface area contributed by atoms with Gasteiger partial charge in [0.15, 0.2) is 0 Å². The summed E-state index contributed by atoms with van der Waals surface area (Å²) in [4.78, 5) is 12.5. The van der Waals surface area contributed by atoms with E-state index in [9.17, 15) is 4.79 Å². The van der Waals surface area contributed by atoms with Crippen LogP contribution in [-0.4, -0.2) is 16.0 Å². The number of aromatic amines is 1. The number of H-pyrrole nitrogens is 1. The molecule has 5 rings (SSSR count). The SMILES string of the molecule is CC1C(=O)CCC2(c3ccccc3)c3n[nH]c(-c4ccccc4)c3CCC12. The topological polar surface area (TPSA) is 45.8 Å². The summed E-state index contributed by atoms with van der Waals surface area (Å²) < 4.78 is 0. The first-order valence-electron chi connectivity index (χ1n) is 9.93. The van der Waals surface area contributed by atoms with Gasteiger partial charge in [-0.3, -0.25) is 9.89 Å². The molecule has 3 atom stereocenters. The van der Waals surface area contributed by atoms with E-state index in [1.165, 1.54) is 22.4 Å². The van der Waals surface area contributed by atoms with Gasteiger partial charge in [0.05, 0.1) is 11.4 Å². The fourth-order valence-corrected chi connectivity index (χ4v) is 5.53. The first-order chi connectivity index (χ1) is 13.2. The Balaban J connectivity index is 1.73. The third-order valence-electron chi connectivity index (χ3n) is 6.86. The van der Waals surface area contributed by atoms with Gasteiger partial charge < -0.3 is 0 Å². The Bertz CT molecular complexity index is 976. The molecule has 0 amide bonds. The maximum Gasteiger partial charge on any atom is 0.136 e. The summed E-state index contributed by atoms with van der Waals surface area (Å²) in [5, 5.41) is 8.24. The van der Waals surface area contributed by atoms with E-state index >= 15 is 0 Å². The number of nitrogens with one attached hydrogen (secondary N) is 1. The number of carbonyl (C=O) groups is 1. The first kappa shape index (κ1) is 16.5. The average molecular weight is 356 g/mol. The number of benzene rings is 2. The van der Waals surface area contributed by atoms with E-state index in [-0.39, 0.29) is 11.3 Å². The lowest BCUT2D eigenvalue weighted by Gasteiger charge is -2.49.